The number of carbonyl (C=O) groups excluding carboxylic acids is 1. The summed E-state index contributed by atoms with van der Waals surface area (Å²) in [6, 6.07) is 3.74. The van der Waals surface area contributed by atoms with Crippen molar-refractivity contribution in [3.8, 4) is 11.5 Å². The molecule has 3 aromatic rings. The maximum absolute atomic E-state index is 12.3. The molecule has 1 unspecified atom stereocenters. The SMILES string of the molecule is C=CCc1cc(C2CC(=O)NCc3nc4sccn4c32)cc(OC)c1O. The number of methoxy groups -OCH3 is 1. The highest BCUT2D eigenvalue weighted by Crippen LogP contribution is 2.40. The molecular weight excluding hydrogens is 350 g/mol. The van der Waals surface area contributed by atoms with Crippen molar-refractivity contribution in [2.75, 3.05) is 7.11 Å². The minimum atomic E-state index is -0.171. The van der Waals surface area contributed by atoms with Gasteiger partial charge >= 0.3 is 0 Å². The normalized spacial score (nSPS) is 16.8. The molecule has 0 spiro atoms. The number of hydrogen-bond acceptors (Lipinski definition) is 5. The van der Waals surface area contributed by atoms with Gasteiger partial charge in [0.25, 0.3) is 0 Å². The molecule has 1 aromatic carbocycles. The van der Waals surface area contributed by atoms with Gasteiger partial charge in [0, 0.05) is 29.5 Å². The van der Waals surface area contributed by atoms with E-state index in [4.69, 9.17) is 4.74 Å². The zero-order valence-corrected chi connectivity index (χ0v) is 15.2. The molecule has 0 fully saturated rings. The Hall–Kier alpha value is -2.80. The fourth-order valence-electron chi connectivity index (χ4n) is 3.52. The number of aromatic hydroxyl groups is 1. The zero-order chi connectivity index (χ0) is 18.3. The zero-order valence-electron chi connectivity index (χ0n) is 14.4. The van der Waals surface area contributed by atoms with E-state index in [1.165, 1.54) is 7.11 Å². The van der Waals surface area contributed by atoms with E-state index in [-0.39, 0.29) is 17.6 Å². The third-order valence-electron chi connectivity index (χ3n) is 4.71. The van der Waals surface area contributed by atoms with E-state index in [0.29, 0.717) is 25.1 Å². The maximum Gasteiger partial charge on any atom is 0.221 e. The lowest BCUT2D eigenvalue weighted by atomic mass is 9.89. The number of phenols is 1. The molecule has 1 aliphatic heterocycles. The predicted octanol–water partition coefficient (Wildman–Crippen LogP) is 2.99. The number of rotatable bonds is 4. The third-order valence-corrected chi connectivity index (χ3v) is 5.47. The predicted molar refractivity (Wildman–Crippen MR) is 99.9 cm³/mol. The van der Waals surface area contributed by atoms with Crippen LogP contribution in [0.3, 0.4) is 0 Å². The second-order valence-corrected chi connectivity index (χ2v) is 7.13. The molecule has 2 aromatic heterocycles. The summed E-state index contributed by atoms with van der Waals surface area (Å²) in [4.78, 5) is 17.9. The molecule has 0 bridgehead atoms. The monoisotopic (exact) mass is 369 g/mol. The summed E-state index contributed by atoms with van der Waals surface area (Å²) in [5.41, 5.74) is 3.54. The van der Waals surface area contributed by atoms with Gasteiger partial charge in [0.15, 0.2) is 16.5 Å². The number of nitrogens with one attached hydrogen (secondary N) is 1. The Labute approximate surface area is 154 Å². The highest BCUT2D eigenvalue weighted by atomic mass is 32.1. The molecule has 2 N–H and O–H groups in total. The maximum atomic E-state index is 12.3. The lowest BCUT2D eigenvalue weighted by Gasteiger charge is -2.18. The van der Waals surface area contributed by atoms with E-state index in [2.05, 4.69) is 21.3 Å². The van der Waals surface area contributed by atoms with Crippen molar-refractivity contribution in [2.24, 2.45) is 0 Å². The Morgan fingerprint density at radius 1 is 1.54 bits per heavy atom. The van der Waals surface area contributed by atoms with Crippen molar-refractivity contribution in [1.29, 1.82) is 0 Å². The molecule has 134 valence electrons. The molecule has 1 amide bonds. The molecule has 1 atom stereocenters. The van der Waals surface area contributed by atoms with Gasteiger partial charge in [-0.05, 0) is 18.1 Å². The molecule has 0 radical (unpaired) electrons. The lowest BCUT2D eigenvalue weighted by molar-refractivity contribution is -0.121. The number of imidazole rings is 1. The minimum absolute atomic E-state index is 0.0192. The van der Waals surface area contributed by atoms with Crippen LogP contribution in [0.5, 0.6) is 11.5 Å². The Morgan fingerprint density at radius 2 is 2.38 bits per heavy atom. The van der Waals surface area contributed by atoms with Gasteiger partial charge in [0.1, 0.15) is 0 Å². The molecule has 4 rings (SSSR count). The molecular formula is C19H19N3O3S. The summed E-state index contributed by atoms with van der Waals surface area (Å²) < 4.78 is 7.41. The first-order chi connectivity index (χ1) is 12.6. The van der Waals surface area contributed by atoms with Crippen molar-refractivity contribution in [2.45, 2.75) is 25.3 Å². The number of phenolic OH excluding ortho intramolecular Hbond substituents is 1. The fraction of sp³-hybridized carbons (Fsp3) is 0.263. The van der Waals surface area contributed by atoms with Crippen LogP contribution in [0.1, 0.15) is 34.9 Å². The third kappa shape index (κ3) is 2.64. The van der Waals surface area contributed by atoms with E-state index in [1.807, 2.05) is 17.6 Å². The highest BCUT2D eigenvalue weighted by Gasteiger charge is 2.30. The van der Waals surface area contributed by atoms with Crippen molar-refractivity contribution >= 4 is 22.2 Å². The first-order valence-electron chi connectivity index (χ1n) is 8.34. The van der Waals surface area contributed by atoms with E-state index in [1.54, 1.807) is 23.5 Å². The van der Waals surface area contributed by atoms with Gasteiger partial charge in [0.05, 0.1) is 25.0 Å². The molecule has 0 saturated carbocycles. The number of allylic oxidation sites excluding steroid dienone is 1. The fourth-order valence-corrected chi connectivity index (χ4v) is 4.26. The number of benzene rings is 1. The van der Waals surface area contributed by atoms with Crippen LogP contribution >= 0.6 is 11.3 Å². The molecule has 7 heteroatoms. The van der Waals surface area contributed by atoms with Crippen LogP contribution in [-0.4, -0.2) is 27.5 Å². The summed E-state index contributed by atoms with van der Waals surface area (Å²) in [6.07, 6.45) is 4.55. The number of nitrogens with zero attached hydrogens (tertiary/aromatic N) is 2. The van der Waals surface area contributed by atoms with Crippen LogP contribution < -0.4 is 10.1 Å². The second kappa shape index (κ2) is 6.49. The molecule has 0 saturated heterocycles. The summed E-state index contributed by atoms with van der Waals surface area (Å²) in [7, 11) is 1.53. The first kappa shape index (κ1) is 16.7. The summed E-state index contributed by atoms with van der Waals surface area (Å²) in [6.45, 7) is 4.18. The van der Waals surface area contributed by atoms with E-state index in [9.17, 15) is 9.90 Å². The molecule has 3 heterocycles. The summed E-state index contributed by atoms with van der Waals surface area (Å²) in [5, 5.41) is 15.3. The van der Waals surface area contributed by atoms with Crippen LogP contribution in [0.4, 0.5) is 0 Å². The highest BCUT2D eigenvalue weighted by molar-refractivity contribution is 7.15. The standard InChI is InChI=1S/C19H19N3O3S/c1-3-4-11-7-12(8-15(25-2)18(11)24)13-9-16(23)20-10-14-17(13)22-5-6-26-19(22)21-14/h3,5-8,13,24H,1,4,9-10H2,2H3,(H,20,23). The molecule has 26 heavy (non-hydrogen) atoms. The number of aromatic nitrogens is 2. The van der Waals surface area contributed by atoms with Gasteiger partial charge in [-0.15, -0.1) is 17.9 Å². The van der Waals surface area contributed by atoms with E-state index in [0.717, 1.165) is 27.5 Å². The first-order valence-corrected chi connectivity index (χ1v) is 9.22. The Kier molecular flexibility index (Phi) is 4.16. The molecule has 1 aliphatic rings. The quantitative estimate of drug-likeness (QED) is 0.693. The van der Waals surface area contributed by atoms with Crippen molar-refractivity contribution < 1.29 is 14.6 Å². The Balaban J connectivity index is 1.92. The van der Waals surface area contributed by atoms with Crippen molar-refractivity contribution in [3.63, 3.8) is 0 Å². The minimum Gasteiger partial charge on any atom is -0.504 e. The number of ether oxygens (including phenoxy) is 1. The van der Waals surface area contributed by atoms with Gasteiger partial charge < -0.3 is 15.2 Å². The Bertz CT molecular complexity index is 1010. The van der Waals surface area contributed by atoms with Crippen LogP contribution in [0.15, 0.2) is 36.4 Å². The summed E-state index contributed by atoms with van der Waals surface area (Å²) in [5.74, 6) is 0.324. The van der Waals surface area contributed by atoms with Gasteiger partial charge in [-0.1, -0.05) is 12.1 Å². The molecule has 6 nitrogen and oxygen atoms in total. The van der Waals surface area contributed by atoms with Crippen molar-refractivity contribution in [1.82, 2.24) is 14.7 Å². The average Bonchev–Trinajstić information content (AvgIpc) is 3.16. The second-order valence-electron chi connectivity index (χ2n) is 6.26. The summed E-state index contributed by atoms with van der Waals surface area (Å²) >= 11 is 1.57. The van der Waals surface area contributed by atoms with E-state index < -0.39 is 0 Å². The topological polar surface area (TPSA) is 75.9 Å². The van der Waals surface area contributed by atoms with Crippen molar-refractivity contribution in [3.05, 3.63) is 58.9 Å². The number of hydrogen-bond donors (Lipinski definition) is 2. The van der Waals surface area contributed by atoms with Gasteiger partial charge in [-0.2, -0.15) is 0 Å². The van der Waals surface area contributed by atoms with Crippen LogP contribution in [0.2, 0.25) is 0 Å². The van der Waals surface area contributed by atoms with Crippen LogP contribution in [-0.2, 0) is 17.8 Å². The molecule has 0 aliphatic carbocycles. The number of fused-ring (bicyclic) bond motifs is 3. The van der Waals surface area contributed by atoms with Gasteiger partial charge in [-0.3, -0.25) is 9.20 Å². The number of carbonyl (C=O) groups is 1. The number of amides is 1. The van der Waals surface area contributed by atoms with E-state index >= 15 is 0 Å². The smallest absolute Gasteiger partial charge is 0.221 e. The Morgan fingerprint density at radius 3 is 3.15 bits per heavy atom. The number of thiazole rings is 1. The van der Waals surface area contributed by atoms with Gasteiger partial charge in [0.2, 0.25) is 5.91 Å². The average molecular weight is 369 g/mol. The lowest BCUT2D eigenvalue weighted by Crippen LogP contribution is -2.21. The largest absolute Gasteiger partial charge is 0.504 e. The van der Waals surface area contributed by atoms with Crippen LogP contribution in [0, 0.1) is 0 Å². The van der Waals surface area contributed by atoms with Gasteiger partial charge in [-0.25, -0.2) is 4.98 Å². The van der Waals surface area contributed by atoms with Crippen LogP contribution in [0.25, 0.3) is 4.96 Å².